The highest BCUT2D eigenvalue weighted by Crippen LogP contribution is 2.17. The van der Waals surface area contributed by atoms with Crippen LogP contribution in [-0.4, -0.2) is 25.6 Å². The van der Waals surface area contributed by atoms with Crippen LogP contribution >= 0.6 is 0 Å². The molecule has 3 aromatic heterocycles. The number of hydrogen-bond acceptors (Lipinski definition) is 5. The molecule has 0 atom stereocenters. The van der Waals surface area contributed by atoms with Crippen molar-refractivity contribution in [2.75, 3.05) is 0 Å². The SMILES string of the molecule is Cn1cccc1-c1noc(CNC(=O)c2nccc3ccccc23)n1. The van der Waals surface area contributed by atoms with Crippen molar-refractivity contribution >= 4 is 16.7 Å². The molecular formula is C18H15N5O2. The largest absolute Gasteiger partial charge is 0.348 e. The molecule has 0 aliphatic carbocycles. The van der Waals surface area contributed by atoms with Gasteiger partial charge in [0.25, 0.3) is 5.91 Å². The van der Waals surface area contributed by atoms with Gasteiger partial charge >= 0.3 is 0 Å². The Labute approximate surface area is 143 Å². The molecule has 0 unspecified atom stereocenters. The first-order valence-corrected chi connectivity index (χ1v) is 7.78. The summed E-state index contributed by atoms with van der Waals surface area (Å²) in [6, 6.07) is 13.3. The van der Waals surface area contributed by atoms with E-state index >= 15 is 0 Å². The van der Waals surface area contributed by atoms with Crippen LogP contribution in [0, 0.1) is 0 Å². The summed E-state index contributed by atoms with van der Waals surface area (Å²) < 4.78 is 7.10. The lowest BCUT2D eigenvalue weighted by Gasteiger charge is -2.05. The minimum absolute atomic E-state index is 0.140. The molecule has 0 bridgehead atoms. The molecule has 0 saturated carbocycles. The van der Waals surface area contributed by atoms with Crippen LogP contribution < -0.4 is 5.32 Å². The number of hydrogen-bond donors (Lipinski definition) is 1. The first-order valence-electron chi connectivity index (χ1n) is 7.78. The Hall–Kier alpha value is -3.48. The summed E-state index contributed by atoms with van der Waals surface area (Å²) >= 11 is 0. The third-order valence-electron chi connectivity index (χ3n) is 3.93. The summed E-state index contributed by atoms with van der Waals surface area (Å²) in [5.41, 5.74) is 1.22. The van der Waals surface area contributed by atoms with Crippen molar-refractivity contribution in [3.8, 4) is 11.5 Å². The molecule has 0 radical (unpaired) electrons. The normalized spacial score (nSPS) is 10.9. The molecule has 0 aliphatic heterocycles. The van der Waals surface area contributed by atoms with E-state index in [4.69, 9.17) is 4.52 Å². The highest BCUT2D eigenvalue weighted by atomic mass is 16.5. The minimum atomic E-state index is -0.282. The molecule has 7 heteroatoms. The molecule has 1 aromatic carbocycles. The second kappa shape index (κ2) is 6.20. The van der Waals surface area contributed by atoms with Gasteiger partial charge in [0.1, 0.15) is 5.69 Å². The average molecular weight is 333 g/mol. The molecule has 124 valence electrons. The summed E-state index contributed by atoms with van der Waals surface area (Å²) in [5, 5.41) is 8.49. The number of pyridine rings is 1. The maximum atomic E-state index is 12.5. The van der Waals surface area contributed by atoms with Crippen molar-refractivity contribution in [2.24, 2.45) is 7.05 Å². The van der Waals surface area contributed by atoms with Crippen LogP contribution in [0.15, 0.2) is 59.4 Å². The first kappa shape index (κ1) is 15.1. The predicted octanol–water partition coefficient (Wildman–Crippen LogP) is 2.55. The zero-order chi connectivity index (χ0) is 17.2. The molecule has 0 saturated heterocycles. The molecular weight excluding hydrogens is 318 g/mol. The number of rotatable bonds is 4. The maximum Gasteiger partial charge on any atom is 0.270 e. The first-order chi connectivity index (χ1) is 12.2. The number of aromatic nitrogens is 4. The Kier molecular flexibility index (Phi) is 3.74. The average Bonchev–Trinajstić information content (AvgIpc) is 3.27. The van der Waals surface area contributed by atoms with Gasteiger partial charge in [0.15, 0.2) is 0 Å². The number of fused-ring (bicyclic) bond motifs is 1. The van der Waals surface area contributed by atoms with Gasteiger partial charge in [0.2, 0.25) is 11.7 Å². The zero-order valence-electron chi connectivity index (χ0n) is 13.5. The van der Waals surface area contributed by atoms with E-state index in [0.717, 1.165) is 16.5 Å². The van der Waals surface area contributed by atoms with E-state index in [-0.39, 0.29) is 12.5 Å². The highest BCUT2D eigenvalue weighted by Gasteiger charge is 2.14. The predicted molar refractivity (Wildman–Crippen MR) is 91.6 cm³/mol. The highest BCUT2D eigenvalue weighted by molar-refractivity contribution is 6.05. The molecule has 0 aliphatic rings. The molecule has 0 spiro atoms. The van der Waals surface area contributed by atoms with E-state index in [0.29, 0.717) is 17.4 Å². The minimum Gasteiger partial charge on any atom is -0.348 e. The lowest BCUT2D eigenvalue weighted by molar-refractivity contribution is 0.0943. The number of nitrogens with one attached hydrogen (secondary N) is 1. The van der Waals surface area contributed by atoms with Gasteiger partial charge in [-0.2, -0.15) is 4.98 Å². The van der Waals surface area contributed by atoms with E-state index < -0.39 is 0 Å². The van der Waals surface area contributed by atoms with Crippen LogP contribution in [0.25, 0.3) is 22.3 Å². The molecule has 4 aromatic rings. The number of carbonyl (C=O) groups is 1. The zero-order valence-corrected chi connectivity index (χ0v) is 13.5. The molecule has 1 N–H and O–H groups in total. The fourth-order valence-corrected chi connectivity index (χ4v) is 2.66. The van der Waals surface area contributed by atoms with Crippen LogP contribution in [0.1, 0.15) is 16.4 Å². The van der Waals surface area contributed by atoms with Crippen LogP contribution in [0.3, 0.4) is 0 Å². The second-order valence-corrected chi connectivity index (χ2v) is 5.58. The van der Waals surface area contributed by atoms with Gasteiger partial charge in [-0.25, -0.2) is 0 Å². The van der Waals surface area contributed by atoms with E-state index in [9.17, 15) is 4.79 Å². The van der Waals surface area contributed by atoms with Gasteiger partial charge < -0.3 is 14.4 Å². The van der Waals surface area contributed by atoms with Gasteiger partial charge in [-0.15, -0.1) is 0 Å². The van der Waals surface area contributed by atoms with Crippen molar-refractivity contribution < 1.29 is 9.32 Å². The van der Waals surface area contributed by atoms with Crippen LogP contribution in [0.5, 0.6) is 0 Å². The lowest BCUT2D eigenvalue weighted by Crippen LogP contribution is -2.24. The summed E-state index contributed by atoms with van der Waals surface area (Å²) in [6.07, 6.45) is 3.52. The van der Waals surface area contributed by atoms with Gasteiger partial charge in [-0.3, -0.25) is 9.78 Å². The Bertz CT molecular complexity index is 1050. The number of nitrogens with zero attached hydrogens (tertiary/aromatic N) is 4. The fourth-order valence-electron chi connectivity index (χ4n) is 2.66. The second-order valence-electron chi connectivity index (χ2n) is 5.58. The summed E-state index contributed by atoms with van der Waals surface area (Å²) in [4.78, 5) is 21.0. The summed E-state index contributed by atoms with van der Waals surface area (Å²) in [5.74, 6) is 0.542. The Balaban J connectivity index is 1.51. The van der Waals surface area contributed by atoms with Crippen molar-refractivity contribution in [3.05, 3.63) is 66.4 Å². The van der Waals surface area contributed by atoms with Crippen molar-refractivity contribution in [1.82, 2.24) is 25.0 Å². The topological polar surface area (TPSA) is 85.8 Å². The maximum absolute atomic E-state index is 12.5. The summed E-state index contributed by atoms with van der Waals surface area (Å²) in [6.45, 7) is 0.140. The smallest absolute Gasteiger partial charge is 0.270 e. The summed E-state index contributed by atoms with van der Waals surface area (Å²) in [7, 11) is 1.90. The monoisotopic (exact) mass is 333 g/mol. The van der Waals surface area contributed by atoms with Gasteiger partial charge in [0.05, 0.1) is 12.2 Å². The van der Waals surface area contributed by atoms with Gasteiger partial charge in [0, 0.05) is 24.8 Å². The van der Waals surface area contributed by atoms with Crippen molar-refractivity contribution in [3.63, 3.8) is 0 Å². The van der Waals surface area contributed by atoms with Crippen molar-refractivity contribution in [2.45, 2.75) is 6.54 Å². The molecule has 0 fully saturated rings. The van der Waals surface area contributed by atoms with Gasteiger partial charge in [-0.05, 0) is 23.6 Å². The Morgan fingerprint density at radius 3 is 2.92 bits per heavy atom. The third-order valence-corrected chi connectivity index (χ3v) is 3.93. The quantitative estimate of drug-likeness (QED) is 0.620. The van der Waals surface area contributed by atoms with E-state index in [1.165, 1.54) is 0 Å². The van der Waals surface area contributed by atoms with E-state index in [1.807, 2.05) is 60.3 Å². The Morgan fingerprint density at radius 1 is 1.20 bits per heavy atom. The molecule has 1 amide bonds. The number of carbonyl (C=O) groups excluding carboxylic acids is 1. The lowest BCUT2D eigenvalue weighted by atomic mass is 10.1. The van der Waals surface area contributed by atoms with Crippen molar-refractivity contribution in [1.29, 1.82) is 0 Å². The molecule has 4 rings (SSSR count). The molecule has 7 nitrogen and oxygen atoms in total. The van der Waals surface area contributed by atoms with E-state index in [2.05, 4.69) is 20.4 Å². The standard InChI is InChI=1S/C18H15N5O2/c1-23-10-4-7-14(23)17-21-15(25-22-17)11-20-18(24)16-13-6-3-2-5-12(13)8-9-19-16/h2-10H,11H2,1H3,(H,20,24). The fraction of sp³-hybridized carbons (Fsp3) is 0.111. The molecule has 3 heterocycles. The van der Waals surface area contributed by atoms with Gasteiger partial charge in [-0.1, -0.05) is 29.4 Å². The van der Waals surface area contributed by atoms with Crippen LogP contribution in [-0.2, 0) is 13.6 Å². The van der Waals surface area contributed by atoms with Crippen LogP contribution in [0.2, 0.25) is 0 Å². The number of amides is 1. The third kappa shape index (κ3) is 2.87. The number of aryl methyl sites for hydroxylation is 1. The van der Waals surface area contributed by atoms with E-state index in [1.54, 1.807) is 6.20 Å². The Morgan fingerprint density at radius 2 is 2.08 bits per heavy atom. The molecule has 25 heavy (non-hydrogen) atoms. The van der Waals surface area contributed by atoms with Crippen LogP contribution in [0.4, 0.5) is 0 Å². The number of benzene rings is 1.